The minimum Gasteiger partial charge on any atom is -0.341 e. The second-order valence-electron chi connectivity index (χ2n) is 7.80. The van der Waals surface area contributed by atoms with E-state index >= 15 is 0 Å². The number of piperidine rings is 1. The Morgan fingerprint density at radius 2 is 1.61 bits per heavy atom. The third-order valence-corrected chi connectivity index (χ3v) is 6.22. The maximum atomic E-state index is 12.7. The number of aromatic nitrogens is 2. The molecule has 2 heterocycles. The smallest absolute Gasteiger partial charge is 0.233 e. The maximum Gasteiger partial charge on any atom is 0.233 e. The molecule has 1 aliphatic rings. The van der Waals surface area contributed by atoms with Crippen molar-refractivity contribution in [2.45, 2.75) is 25.3 Å². The average Bonchev–Trinajstić information content (AvgIpc) is 2.71. The number of nitrogens with zero attached hydrogens (tertiary/aromatic N) is 3. The molecule has 0 N–H and O–H groups in total. The Kier molecular flexibility index (Phi) is 5.62. The van der Waals surface area contributed by atoms with Gasteiger partial charge in [0.25, 0.3) is 0 Å². The van der Waals surface area contributed by atoms with Crippen LogP contribution < -0.4 is 0 Å². The minimum atomic E-state index is 0.196. The number of thioether (sulfide) groups is 1. The largest absolute Gasteiger partial charge is 0.341 e. The summed E-state index contributed by atoms with van der Waals surface area (Å²) in [5.74, 6) is 1.75. The summed E-state index contributed by atoms with van der Waals surface area (Å²) >= 11 is 1.49. The van der Waals surface area contributed by atoms with E-state index in [1.807, 2.05) is 47.4 Å². The van der Waals surface area contributed by atoms with Crippen molar-refractivity contribution in [2.24, 2.45) is 11.8 Å². The summed E-state index contributed by atoms with van der Waals surface area (Å²) in [6, 6.07) is 18.3. The Bertz CT molecular complexity index is 966. The fraction of sp³-hybridized carbons (Fsp3) is 0.348. The van der Waals surface area contributed by atoms with Crippen LogP contribution in [0.2, 0.25) is 0 Å². The van der Waals surface area contributed by atoms with Crippen molar-refractivity contribution in [3.05, 3.63) is 54.6 Å². The Hall–Kier alpha value is -2.40. The molecule has 0 radical (unpaired) electrons. The van der Waals surface area contributed by atoms with Gasteiger partial charge in [0.05, 0.1) is 5.75 Å². The Labute approximate surface area is 170 Å². The lowest BCUT2D eigenvalue weighted by Gasteiger charge is -2.35. The van der Waals surface area contributed by atoms with Crippen LogP contribution in [0.15, 0.2) is 59.6 Å². The zero-order valence-electron chi connectivity index (χ0n) is 16.3. The molecule has 2 atom stereocenters. The summed E-state index contributed by atoms with van der Waals surface area (Å²) in [6.07, 6.45) is 1.20. The van der Waals surface area contributed by atoms with Crippen molar-refractivity contribution in [3.8, 4) is 11.3 Å². The monoisotopic (exact) mass is 391 g/mol. The molecular weight excluding hydrogens is 366 g/mol. The van der Waals surface area contributed by atoms with Crippen molar-refractivity contribution in [2.75, 3.05) is 18.8 Å². The topological polar surface area (TPSA) is 46.1 Å². The molecule has 1 fully saturated rings. The van der Waals surface area contributed by atoms with Gasteiger partial charge in [0.2, 0.25) is 5.91 Å². The molecule has 1 amide bonds. The summed E-state index contributed by atoms with van der Waals surface area (Å²) in [5.41, 5.74) is 1.93. The number of hydrogen-bond donors (Lipinski definition) is 0. The van der Waals surface area contributed by atoms with Crippen molar-refractivity contribution in [3.63, 3.8) is 0 Å². The molecule has 0 bridgehead atoms. The number of rotatable bonds is 4. The first kappa shape index (κ1) is 18.9. The van der Waals surface area contributed by atoms with Gasteiger partial charge in [-0.25, -0.2) is 0 Å². The molecule has 5 heteroatoms. The Balaban J connectivity index is 1.56. The highest BCUT2D eigenvalue weighted by molar-refractivity contribution is 8.00. The second kappa shape index (κ2) is 8.31. The van der Waals surface area contributed by atoms with Gasteiger partial charge in [0.1, 0.15) is 10.7 Å². The summed E-state index contributed by atoms with van der Waals surface area (Å²) in [4.78, 5) is 14.8. The van der Waals surface area contributed by atoms with Crippen LogP contribution in [0.5, 0.6) is 0 Å². The molecule has 4 nitrogen and oxygen atoms in total. The number of benzene rings is 2. The standard InChI is InChI=1S/C23H25N3OS/c1-16-12-17(2)14-26(13-16)21(27)15-28-23-20-11-7-6-10-19(20)22(24-25-23)18-8-4-3-5-9-18/h3-11,16-17H,12-15H2,1-2H3/t16-,17+. The molecule has 0 aliphatic carbocycles. The fourth-order valence-corrected chi connectivity index (χ4v) is 4.96. The van der Waals surface area contributed by atoms with Crippen LogP contribution in [0.3, 0.4) is 0 Å². The second-order valence-corrected chi connectivity index (χ2v) is 8.76. The van der Waals surface area contributed by atoms with E-state index in [1.165, 1.54) is 18.2 Å². The Morgan fingerprint density at radius 1 is 0.964 bits per heavy atom. The van der Waals surface area contributed by atoms with Crippen LogP contribution in [0, 0.1) is 11.8 Å². The molecule has 4 rings (SSSR count). The summed E-state index contributed by atoms with van der Waals surface area (Å²) in [6.45, 7) is 6.18. The van der Waals surface area contributed by atoms with Crippen LogP contribution in [0.4, 0.5) is 0 Å². The lowest BCUT2D eigenvalue weighted by Crippen LogP contribution is -2.43. The zero-order valence-corrected chi connectivity index (χ0v) is 17.2. The number of amides is 1. The molecule has 28 heavy (non-hydrogen) atoms. The van der Waals surface area contributed by atoms with E-state index in [0.717, 1.165) is 40.1 Å². The third-order valence-electron chi connectivity index (χ3n) is 5.25. The highest BCUT2D eigenvalue weighted by atomic mass is 32.2. The van der Waals surface area contributed by atoms with Crippen LogP contribution in [0.25, 0.3) is 22.0 Å². The number of likely N-dealkylation sites (tertiary alicyclic amines) is 1. The predicted molar refractivity (Wildman–Crippen MR) is 115 cm³/mol. The SMILES string of the molecule is C[C@@H]1C[C@H](C)CN(C(=O)CSc2nnc(-c3ccccc3)c3ccccc23)C1. The Morgan fingerprint density at radius 3 is 2.32 bits per heavy atom. The van der Waals surface area contributed by atoms with Gasteiger partial charge in [-0.2, -0.15) is 0 Å². The molecule has 0 spiro atoms. The summed E-state index contributed by atoms with van der Waals surface area (Å²) in [5, 5.41) is 11.9. The lowest BCUT2D eigenvalue weighted by atomic mass is 9.92. The normalized spacial score (nSPS) is 19.7. The van der Waals surface area contributed by atoms with Crippen LogP contribution in [0.1, 0.15) is 20.3 Å². The molecule has 1 saturated heterocycles. The molecule has 1 aromatic heterocycles. The van der Waals surface area contributed by atoms with E-state index in [4.69, 9.17) is 0 Å². The van der Waals surface area contributed by atoms with Gasteiger partial charge < -0.3 is 4.90 Å². The molecule has 144 valence electrons. The summed E-state index contributed by atoms with van der Waals surface area (Å²) < 4.78 is 0. The zero-order chi connectivity index (χ0) is 19.5. The van der Waals surface area contributed by atoms with E-state index in [9.17, 15) is 4.79 Å². The highest BCUT2D eigenvalue weighted by Crippen LogP contribution is 2.32. The number of carbonyl (C=O) groups is 1. The molecule has 0 unspecified atom stereocenters. The van der Waals surface area contributed by atoms with E-state index in [-0.39, 0.29) is 5.91 Å². The van der Waals surface area contributed by atoms with Crippen molar-refractivity contribution in [1.29, 1.82) is 0 Å². The van der Waals surface area contributed by atoms with Gasteiger partial charge in [-0.15, -0.1) is 10.2 Å². The predicted octanol–water partition coefficient (Wildman–Crippen LogP) is 4.89. The minimum absolute atomic E-state index is 0.196. The van der Waals surface area contributed by atoms with E-state index < -0.39 is 0 Å². The first-order chi connectivity index (χ1) is 13.6. The average molecular weight is 392 g/mol. The van der Waals surface area contributed by atoms with Crippen molar-refractivity contribution >= 4 is 28.4 Å². The number of hydrogen-bond acceptors (Lipinski definition) is 4. The van der Waals surface area contributed by atoms with Gasteiger partial charge in [0.15, 0.2) is 0 Å². The number of carbonyl (C=O) groups excluding carboxylic acids is 1. The van der Waals surface area contributed by atoms with E-state index in [0.29, 0.717) is 17.6 Å². The van der Waals surface area contributed by atoms with Gasteiger partial charge in [-0.3, -0.25) is 4.79 Å². The highest BCUT2D eigenvalue weighted by Gasteiger charge is 2.25. The quantitative estimate of drug-likeness (QED) is 0.594. The molecule has 0 saturated carbocycles. The van der Waals surface area contributed by atoms with E-state index in [2.05, 4.69) is 36.2 Å². The van der Waals surface area contributed by atoms with Crippen molar-refractivity contribution in [1.82, 2.24) is 15.1 Å². The van der Waals surface area contributed by atoms with Crippen LogP contribution >= 0.6 is 11.8 Å². The fourth-order valence-electron chi connectivity index (χ4n) is 4.08. The maximum absolute atomic E-state index is 12.7. The third kappa shape index (κ3) is 4.04. The summed E-state index contributed by atoms with van der Waals surface area (Å²) in [7, 11) is 0. The van der Waals surface area contributed by atoms with Crippen LogP contribution in [-0.4, -0.2) is 39.8 Å². The molecule has 1 aliphatic heterocycles. The number of fused-ring (bicyclic) bond motifs is 1. The van der Waals surface area contributed by atoms with Gasteiger partial charge in [0, 0.05) is 29.4 Å². The van der Waals surface area contributed by atoms with Gasteiger partial charge in [-0.1, -0.05) is 80.2 Å². The first-order valence-electron chi connectivity index (χ1n) is 9.83. The lowest BCUT2D eigenvalue weighted by molar-refractivity contribution is -0.130. The van der Waals surface area contributed by atoms with Gasteiger partial charge in [-0.05, 0) is 18.3 Å². The van der Waals surface area contributed by atoms with Crippen LogP contribution in [-0.2, 0) is 4.79 Å². The first-order valence-corrected chi connectivity index (χ1v) is 10.8. The van der Waals surface area contributed by atoms with E-state index in [1.54, 1.807) is 0 Å². The molecular formula is C23H25N3OS. The molecule has 3 aromatic rings. The van der Waals surface area contributed by atoms with Crippen molar-refractivity contribution < 1.29 is 4.79 Å². The molecule has 2 aromatic carbocycles. The van der Waals surface area contributed by atoms with Gasteiger partial charge >= 0.3 is 0 Å².